The Labute approximate surface area is 211 Å². The standard InChI is InChI=1S/C26H37N3O5S/c1-6-17(14-30)29-21(23(32)27-15(3)4)26-13-12-25(5,35-26)19(20(26)24(29)33)22(31)28-16-8-10-18(11-9-16)34-7-2/h8-11,15,17,19-21,30H,6-7,12-14H2,1-5H3,(H,27,32)(H,28,31)/t17-,19+,20-,21?,25-,26?/m0/s1. The predicted molar refractivity (Wildman–Crippen MR) is 136 cm³/mol. The Hall–Kier alpha value is -2.26. The molecule has 0 radical (unpaired) electrons. The van der Waals surface area contributed by atoms with Crippen LogP contribution in [-0.2, 0) is 14.4 Å². The summed E-state index contributed by atoms with van der Waals surface area (Å²) in [6.07, 6.45) is 1.96. The first-order valence-electron chi connectivity index (χ1n) is 12.6. The number of carbonyl (C=O) groups excluding carboxylic acids is 3. The summed E-state index contributed by atoms with van der Waals surface area (Å²) in [6.45, 7) is 9.99. The van der Waals surface area contributed by atoms with Gasteiger partial charge in [-0.1, -0.05) is 6.92 Å². The summed E-state index contributed by atoms with van der Waals surface area (Å²) in [5, 5.41) is 16.1. The van der Waals surface area contributed by atoms with E-state index in [4.69, 9.17) is 4.74 Å². The highest BCUT2D eigenvalue weighted by atomic mass is 32.2. The van der Waals surface area contributed by atoms with Crippen LogP contribution in [0.5, 0.6) is 5.75 Å². The number of nitrogens with one attached hydrogen (secondary N) is 2. The van der Waals surface area contributed by atoms with Crippen LogP contribution in [-0.4, -0.2) is 68.6 Å². The van der Waals surface area contributed by atoms with Crippen molar-refractivity contribution >= 4 is 35.2 Å². The molecule has 8 nitrogen and oxygen atoms in total. The maximum atomic E-state index is 14.0. The van der Waals surface area contributed by atoms with Crippen molar-refractivity contribution < 1.29 is 24.2 Å². The van der Waals surface area contributed by atoms with E-state index in [1.165, 1.54) is 0 Å². The molecule has 3 aliphatic heterocycles. The number of anilines is 1. The molecule has 192 valence electrons. The fourth-order valence-electron chi connectivity index (χ4n) is 6.26. The van der Waals surface area contributed by atoms with E-state index < -0.39 is 33.4 Å². The number of nitrogens with zero attached hydrogens (tertiary/aromatic N) is 1. The van der Waals surface area contributed by atoms with E-state index >= 15 is 0 Å². The molecule has 4 rings (SSSR count). The molecular weight excluding hydrogens is 466 g/mol. The Balaban J connectivity index is 1.68. The molecule has 0 saturated carbocycles. The lowest BCUT2D eigenvalue weighted by Gasteiger charge is -2.37. The van der Waals surface area contributed by atoms with Crippen molar-refractivity contribution in [2.75, 3.05) is 18.5 Å². The predicted octanol–water partition coefficient (Wildman–Crippen LogP) is 2.80. The fraction of sp³-hybridized carbons (Fsp3) is 0.654. The van der Waals surface area contributed by atoms with Gasteiger partial charge in [0.15, 0.2) is 0 Å². The van der Waals surface area contributed by atoms with E-state index in [2.05, 4.69) is 10.6 Å². The lowest BCUT2D eigenvalue weighted by molar-refractivity contribution is -0.142. The lowest BCUT2D eigenvalue weighted by atomic mass is 9.66. The van der Waals surface area contributed by atoms with Gasteiger partial charge in [0.05, 0.1) is 35.8 Å². The molecule has 35 heavy (non-hydrogen) atoms. The second-order valence-electron chi connectivity index (χ2n) is 10.3. The first-order valence-corrected chi connectivity index (χ1v) is 13.4. The number of hydrogen-bond donors (Lipinski definition) is 3. The number of amides is 3. The fourth-order valence-corrected chi connectivity index (χ4v) is 8.60. The van der Waals surface area contributed by atoms with Crippen LogP contribution in [0.3, 0.4) is 0 Å². The number of ether oxygens (including phenoxy) is 1. The van der Waals surface area contributed by atoms with E-state index in [1.807, 2.05) is 34.6 Å². The second kappa shape index (κ2) is 9.65. The number of hydrogen-bond acceptors (Lipinski definition) is 6. The normalized spacial score (nSPS) is 32.0. The summed E-state index contributed by atoms with van der Waals surface area (Å²) in [7, 11) is 0. The molecule has 2 bridgehead atoms. The highest BCUT2D eigenvalue weighted by molar-refractivity contribution is 8.02. The minimum absolute atomic E-state index is 0.0814. The highest BCUT2D eigenvalue weighted by Gasteiger charge is 2.77. The van der Waals surface area contributed by atoms with Gasteiger partial charge in [0.1, 0.15) is 11.8 Å². The van der Waals surface area contributed by atoms with Crippen molar-refractivity contribution in [1.82, 2.24) is 10.2 Å². The number of aliphatic hydroxyl groups is 1. The summed E-state index contributed by atoms with van der Waals surface area (Å²) in [6, 6.07) is 5.94. The molecule has 3 saturated heterocycles. The molecule has 6 atom stereocenters. The largest absolute Gasteiger partial charge is 0.494 e. The Morgan fingerprint density at radius 3 is 2.46 bits per heavy atom. The van der Waals surface area contributed by atoms with Crippen molar-refractivity contribution in [2.24, 2.45) is 11.8 Å². The van der Waals surface area contributed by atoms with Crippen LogP contribution in [0.4, 0.5) is 5.69 Å². The summed E-state index contributed by atoms with van der Waals surface area (Å²) in [5.41, 5.74) is 0.641. The third-order valence-electron chi connectivity index (χ3n) is 7.68. The number of aliphatic hydroxyl groups excluding tert-OH is 1. The van der Waals surface area contributed by atoms with E-state index in [0.29, 0.717) is 25.1 Å². The first-order chi connectivity index (χ1) is 16.6. The molecule has 3 aliphatic rings. The molecule has 1 aromatic rings. The average molecular weight is 504 g/mol. The molecule has 3 heterocycles. The van der Waals surface area contributed by atoms with Crippen molar-refractivity contribution in [2.45, 2.75) is 81.5 Å². The number of likely N-dealkylation sites (tertiary alicyclic amines) is 1. The van der Waals surface area contributed by atoms with Gasteiger partial charge in [-0.15, -0.1) is 11.8 Å². The lowest BCUT2D eigenvalue weighted by Crippen LogP contribution is -2.57. The van der Waals surface area contributed by atoms with Crippen LogP contribution in [0.25, 0.3) is 0 Å². The quantitative estimate of drug-likeness (QED) is 0.478. The third kappa shape index (κ3) is 4.20. The second-order valence-corrected chi connectivity index (χ2v) is 12.2. The van der Waals surface area contributed by atoms with Crippen LogP contribution in [0.15, 0.2) is 24.3 Å². The zero-order valence-corrected chi connectivity index (χ0v) is 22.0. The van der Waals surface area contributed by atoms with E-state index in [-0.39, 0.29) is 30.4 Å². The molecule has 9 heteroatoms. The monoisotopic (exact) mass is 503 g/mol. The van der Waals surface area contributed by atoms with Gasteiger partial charge < -0.3 is 25.4 Å². The summed E-state index contributed by atoms with van der Waals surface area (Å²) in [5.74, 6) is -1.06. The topological polar surface area (TPSA) is 108 Å². The van der Waals surface area contributed by atoms with Gasteiger partial charge in [0.25, 0.3) is 0 Å². The molecule has 3 fully saturated rings. The van der Waals surface area contributed by atoms with Crippen molar-refractivity contribution in [1.29, 1.82) is 0 Å². The zero-order valence-electron chi connectivity index (χ0n) is 21.2. The van der Waals surface area contributed by atoms with Crippen LogP contribution in [0.1, 0.15) is 53.9 Å². The van der Waals surface area contributed by atoms with Crippen LogP contribution in [0.2, 0.25) is 0 Å². The maximum Gasteiger partial charge on any atom is 0.244 e. The number of carbonyl (C=O) groups is 3. The van der Waals surface area contributed by atoms with Gasteiger partial charge in [0.2, 0.25) is 17.7 Å². The molecule has 0 aromatic heterocycles. The van der Waals surface area contributed by atoms with Gasteiger partial charge in [0, 0.05) is 16.5 Å². The molecule has 3 amide bonds. The van der Waals surface area contributed by atoms with Gasteiger partial charge >= 0.3 is 0 Å². The minimum Gasteiger partial charge on any atom is -0.494 e. The number of rotatable bonds is 9. The smallest absolute Gasteiger partial charge is 0.244 e. The van der Waals surface area contributed by atoms with Crippen LogP contribution < -0.4 is 15.4 Å². The van der Waals surface area contributed by atoms with Crippen LogP contribution >= 0.6 is 11.8 Å². The third-order valence-corrected chi connectivity index (χ3v) is 9.67. The van der Waals surface area contributed by atoms with Gasteiger partial charge in [-0.25, -0.2) is 0 Å². The number of thioether (sulfide) groups is 1. The molecule has 3 N–H and O–H groups in total. The van der Waals surface area contributed by atoms with Gasteiger partial charge in [-0.05, 0) is 71.2 Å². The highest BCUT2D eigenvalue weighted by Crippen LogP contribution is 2.71. The molecule has 1 spiro atoms. The van der Waals surface area contributed by atoms with Crippen molar-refractivity contribution in [3.63, 3.8) is 0 Å². The average Bonchev–Trinajstić information content (AvgIpc) is 3.37. The Morgan fingerprint density at radius 1 is 1.20 bits per heavy atom. The van der Waals surface area contributed by atoms with E-state index in [1.54, 1.807) is 40.9 Å². The number of fused-ring (bicyclic) bond motifs is 1. The Morgan fingerprint density at radius 2 is 1.89 bits per heavy atom. The zero-order chi connectivity index (χ0) is 25.5. The van der Waals surface area contributed by atoms with Crippen molar-refractivity contribution in [3.8, 4) is 5.75 Å². The molecular formula is C26H37N3O5S. The van der Waals surface area contributed by atoms with Gasteiger partial charge in [-0.3, -0.25) is 14.4 Å². The summed E-state index contributed by atoms with van der Waals surface area (Å²) < 4.78 is 4.35. The minimum atomic E-state index is -0.713. The number of benzene rings is 1. The summed E-state index contributed by atoms with van der Waals surface area (Å²) >= 11 is 1.63. The Kier molecular flexibility index (Phi) is 7.12. The van der Waals surface area contributed by atoms with E-state index in [0.717, 1.165) is 12.2 Å². The Bertz CT molecular complexity index is 982. The molecule has 0 aliphatic carbocycles. The SMILES string of the molecule is CCOc1ccc(NC(=O)[C@H]2[C@H]3C(=O)N([C@@H](CC)CO)C(C(=O)NC(C)C)C34CC[C@]2(C)S4)cc1. The summed E-state index contributed by atoms with van der Waals surface area (Å²) in [4.78, 5) is 42.8. The molecule has 1 aromatic carbocycles. The molecule has 2 unspecified atom stereocenters. The van der Waals surface area contributed by atoms with E-state index in [9.17, 15) is 19.5 Å². The van der Waals surface area contributed by atoms with Crippen LogP contribution in [0, 0.1) is 11.8 Å². The first kappa shape index (κ1) is 25.8. The maximum absolute atomic E-state index is 14.0. The van der Waals surface area contributed by atoms with Gasteiger partial charge in [-0.2, -0.15) is 0 Å². The van der Waals surface area contributed by atoms with Crippen molar-refractivity contribution in [3.05, 3.63) is 24.3 Å².